The first kappa shape index (κ1) is 21.5. The largest absolute Gasteiger partial charge is 0.496 e. The lowest BCUT2D eigenvalue weighted by molar-refractivity contribution is -0.110. The molecule has 0 spiro atoms. The minimum absolute atomic E-state index is 0.104. The van der Waals surface area contributed by atoms with E-state index >= 15 is 0 Å². The van der Waals surface area contributed by atoms with Crippen LogP contribution in [0.5, 0.6) is 5.75 Å². The van der Waals surface area contributed by atoms with Gasteiger partial charge in [-0.3, -0.25) is 9.59 Å². The van der Waals surface area contributed by atoms with E-state index in [2.05, 4.69) is 20.1 Å². The molecule has 178 valence electrons. The maximum Gasteiger partial charge on any atom is 0.256 e. The molecule has 4 aliphatic rings. The number of benzene rings is 1. The van der Waals surface area contributed by atoms with Gasteiger partial charge < -0.3 is 24.8 Å². The molecule has 2 amide bonds. The normalized spacial score (nSPS) is 24.0. The lowest BCUT2D eigenvalue weighted by Gasteiger charge is -2.29. The molecule has 0 saturated carbocycles. The van der Waals surface area contributed by atoms with Crippen molar-refractivity contribution in [1.82, 2.24) is 14.8 Å². The lowest BCUT2D eigenvalue weighted by atomic mass is 9.98. The number of nitrogens with one attached hydrogen (secondary N) is 2. The second kappa shape index (κ2) is 8.31. The number of amides is 2. The summed E-state index contributed by atoms with van der Waals surface area (Å²) < 4.78 is 5.58. The third-order valence-corrected chi connectivity index (χ3v) is 8.01. The van der Waals surface area contributed by atoms with Gasteiger partial charge in [-0.25, -0.2) is 0 Å². The minimum Gasteiger partial charge on any atom is -0.496 e. The van der Waals surface area contributed by atoms with Gasteiger partial charge in [-0.2, -0.15) is 0 Å². The van der Waals surface area contributed by atoms with Crippen molar-refractivity contribution >= 4 is 28.6 Å². The quantitative estimate of drug-likeness (QED) is 0.680. The van der Waals surface area contributed by atoms with Crippen molar-refractivity contribution in [2.75, 3.05) is 38.6 Å². The molecular formula is C27H32N4O3. The van der Waals surface area contributed by atoms with Gasteiger partial charge in [0.05, 0.1) is 29.5 Å². The summed E-state index contributed by atoms with van der Waals surface area (Å²) in [7, 11) is 1.63. The van der Waals surface area contributed by atoms with Crippen molar-refractivity contribution in [1.29, 1.82) is 0 Å². The Morgan fingerprint density at radius 1 is 1.15 bits per heavy atom. The Kier molecular flexibility index (Phi) is 5.25. The zero-order chi connectivity index (χ0) is 23.4. The second-order valence-electron chi connectivity index (χ2n) is 9.97. The van der Waals surface area contributed by atoms with Gasteiger partial charge in [0.25, 0.3) is 11.8 Å². The number of aromatic amines is 1. The number of hydrogen-bond donors (Lipinski definition) is 2. The fraction of sp³-hybridized carbons (Fsp3) is 0.481. The molecule has 3 aliphatic heterocycles. The number of likely N-dealkylation sites (tertiary alicyclic amines) is 2. The van der Waals surface area contributed by atoms with Crippen LogP contribution >= 0.6 is 0 Å². The highest BCUT2D eigenvalue weighted by Crippen LogP contribution is 2.47. The molecule has 1 aromatic carbocycles. The van der Waals surface area contributed by atoms with Crippen molar-refractivity contribution in [2.45, 2.75) is 51.5 Å². The van der Waals surface area contributed by atoms with Crippen LogP contribution in [0, 0.1) is 6.92 Å². The van der Waals surface area contributed by atoms with Crippen LogP contribution in [-0.4, -0.2) is 65.9 Å². The Hall–Kier alpha value is -3.06. The van der Waals surface area contributed by atoms with Crippen LogP contribution in [-0.2, 0) is 11.2 Å². The number of carbonyl (C=O) groups excluding carboxylic acids is 2. The topological polar surface area (TPSA) is 77.7 Å². The van der Waals surface area contributed by atoms with Crippen molar-refractivity contribution in [3.05, 3.63) is 46.3 Å². The van der Waals surface area contributed by atoms with Crippen LogP contribution in [0.2, 0.25) is 0 Å². The molecule has 2 saturated heterocycles. The first-order chi connectivity index (χ1) is 16.6. The maximum absolute atomic E-state index is 13.8. The molecule has 4 heterocycles. The number of aromatic nitrogens is 1. The van der Waals surface area contributed by atoms with E-state index in [9.17, 15) is 9.59 Å². The summed E-state index contributed by atoms with van der Waals surface area (Å²) in [6.07, 6.45) is 6.19. The summed E-state index contributed by atoms with van der Waals surface area (Å²) in [5.74, 6) is 0.734. The van der Waals surface area contributed by atoms with Gasteiger partial charge >= 0.3 is 0 Å². The smallest absolute Gasteiger partial charge is 0.256 e. The number of fused-ring (bicyclic) bond motifs is 2. The van der Waals surface area contributed by atoms with E-state index in [1.807, 2.05) is 25.1 Å². The van der Waals surface area contributed by atoms with Crippen molar-refractivity contribution in [3.8, 4) is 5.75 Å². The Morgan fingerprint density at radius 2 is 1.97 bits per heavy atom. The van der Waals surface area contributed by atoms with E-state index in [4.69, 9.17) is 4.74 Å². The van der Waals surface area contributed by atoms with Crippen LogP contribution in [0.15, 0.2) is 18.2 Å². The Bertz CT molecular complexity index is 1200. The summed E-state index contributed by atoms with van der Waals surface area (Å²) in [6, 6.07) is 5.97. The van der Waals surface area contributed by atoms with E-state index in [0.29, 0.717) is 17.4 Å². The average Bonchev–Trinajstić information content (AvgIpc) is 3.63. The molecule has 0 bridgehead atoms. The molecule has 2 aromatic rings. The summed E-state index contributed by atoms with van der Waals surface area (Å²) in [5, 5.41) is 2.99. The number of anilines is 1. The molecule has 34 heavy (non-hydrogen) atoms. The number of methoxy groups -OCH3 is 1. The molecule has 6 rings (SSSR count). The number of ether oxygens (including phenoxy) is 1. The molecule has 1 aromatic heterocycles. The monoisotopic (exact) mass is 460 g/mol. The molecule has 7 heteroatoms. The first-order valence-electron chi connectivity index (χ1n) is 12.5. The number of hydrogen-bond acceptors (Lipinski definition) is 4. The number of rotatable bonds is 4. The lowest BCUT2D eigenvalue weighted by Crippen LogP contribution is -2.42. The highest BCUT2D eigenvalue weighted by atomic mass is 16.5. The standard InChI is InChI=1S/C27H32N4O3/c1-16-22(27(33)31-14-6-7-17(31)15-30-12-3-4-13-30)18-10-11-19(25(18)28-16)23-24-20(29-26(23)32)8-5-9-21(24)34-2/h5,8-9,17,28H,3-4,6-7,10-15H2,1-2H3,(H,29,32)/b23-19-/t17-/m0/s1. The molecule has 0 unspecified atom stereocenters. The summed E-state index contributed by atoms with van der Waals surface area (Å²) in [4.78, 5) is 35.0. The van der Waals surface area contributed by atoms with Gasteiger partial charge in [-0.05, 0) is 81.8 Å². The molecule has 2 fully saturated rings. The number of aryl methyl sites for hydroxylation is 1. The fourth-order valence-electron chi connectivity index (χ4n) is 6.45. The molecule has 0 radical (unpaired) electrons. The third-order valence-electron chi connectivity index (χ3n) is 8.01. The average molecular weight is 461 g/mol. The van der Waals surface area contributed by atoms with E-state index in [1.165, 1.54) is 12.8 Å². The SMILES string of the molecule is COc1cccc2c1/C(=C1\CCc3c1[nH]c(C)c3C(=O)N1CCC[C@H]1CN1CCCC1)C(=O)N2. The molecule has 7 nitrogen and oxygen atoms in total. The van der Waals surface area contributed by atoms with Gasteiger partial charge in [-0.15, -0.1) is 0 Å². The van der Waals surface area contributed by atoms with Gasteiger partial charge in [0, 0.05) is 30.5 Å². The van der Waals surface area contributed by atoms with Crippen molar-refractivity contribution in [3.63, 3.8) is 0 Å². The Morgan fingerprint density at radius 3 is 2.76 bits per heavy atom. The summed E-state index contributed by atoms with van der Waals surface area (Å²) >= 11 is 0. The zero-order valence-electron chi connectivity index (χ0n) is 20.0. The number of H-pyrrole nitrogens is 1. The van der Waals surface area contributed by atoms with E-state index < -0.39 is 0 Å². The fourth-order valence-corrected chi connectivity index (χ4v) is 6.45. The highest BCUT2D eigenvalue weighted by Gasteiger charge is 2.38. The Balaban J connectivity index is 1.36. The Labute approximate surface area is 200 Å². The van der Waals surface area contributed by atoms with Gasteiger partial charge in [-0.1, -0.05) is 6.07 Å². The van der Waals surface area contributed by atoms with Crippen LogP contribution in [0.25, 0.3) is 11.1 Å². The van der Waals surface area contributed by atoms with E-state index in [1.54, 1.807) is 7.11 Å². The van der Waals surface area contributed by atoms with Crippen LogP contribution in [0.4, 0.5) is 5.69 Å². The molecule has 2 N–H and O–H groups in total. The van der Waals surface area contributed by atoms with Crippen LogP contribution < -0.4 is 10.1 Å². The van der Waals surface area contributed by atoms with Gasteiger partial charge in [0.1, 0.15) is 5.75 Å². The maximum atomic E-state index is 13.8. The van der Waals surface area contributed by atoms with Gasteiger partial charge in [0.15, 0.2) is 0 Å². The summed E-state index contributed by atoms with van der Waals surface area (Å²) in [6.45, 7) is 6.12. The second-order valence-corrected chi connectivity index (χ2v) is 9.97. The first-order valence-corrected chi connectivity index (χ1v) is 12.5. The van der Waals surface area contributed by atoms with Crippen molar-refractivity contribution in [2.24, 2.45) is 0 Å². The minimum atomic E-state index is -0.104. The molecule has 1 aliphatic carbocycles. The van der Waals surface area contributed by atoms with Gasteiger partial charge in [0.2, 0.25) is 0 Å². The predicted molar refractivity (Wildman–Crippen MR) is 132 cm³/mol. The van der Waals surface area contributed by atoms with Crippen LogP contribution in [0.1, 0.15) is 65.0 Å². The molecular weight excluding hydrogens is 428 g/mol. The summed E-state index contributed by atoms with van der Waals surface area (Å²) in [5.41, 5.74) is 6.97. The van der Waals surface area contributed by atoms with Crippen LogP contribution in [0.3, 0.4) is 0 Å². The van der Waals surface area contributed by atoms with E-state index in [-0.39, 0.29) is 11.8 Å². The molecule has 1 atom stereocenters. The number of carbonyl (C=O) groups is 2. The highest BCUT2D eigenvalue weighted by molar-refractivity contribution is 6.37. The third kappa shape index (κ3) is 3.28. The zero-order valence-corrected chi connectivity index (χ0v) is 20.0. The number of allylic oxidation sites excluding steroid dienone is 1. The number of nitrogens with zero attached hydrogens (tertiary/aromatic N) is 2. The predicted octanol–water partition coefficient (Wildman–Crippen LogP) is 3.84. The van der Waals surface area contributed by atoms with E-state index in [0.717, 1.165) is 91.2 Å². The van der Waals surface area contributed by atoms with Crippen molar-refractivity contribution < 1.29 is 14.3 Å².